The lowest BCUT2D eigenvalue weighted by atomic mass is 9.96. The van der Waals surface area contributed by atoms with E-state index in [9.17, 15) is 5.11 Å². The zero-order valence-electron chi connectivity index (χ0n) is 10.6. The molecule has 0 heterocycles. The first-order valence-electron chi connectivity index (χ1n) is 5.89. The van der Waals surface area contributed by atoms with Crippen molar-refractivity contribution in [2.45, 2.75) is 20.3 Å². The molecule has 0 spiro atoms. The first kappa shape index (κ1) is 12.2. The fourth-order valence-corrected chi connectivity index (χ4v) is 2.06. The van der Waals surface area contributed by atoms with Crippen molar-refractivity contribution in [1.29, 1.82) is 5.26 Å². The fraction of sp³-hybridized carbons (Fsp3) is 0.188. The highest BCUT2D eigenvalue weighted by molar-refractivity contribution is 5.46. The van der Waals surface area contributed by atoms with Gasteiger partial charge in [-0.2, -0.15) is 5.26 Å². The average molecular weight is 237 g/mol. The molecule has 0 fully saturated rings. The number of hydrogen-bond acceptors (Lipinski definition) is 2. The maximum Gasteiger partial charge on any atom is 0.118 e. The Labute approximate surface area is 107 Å². The zero-order valence-corrected chi connectivity index (χ0v) is 10.6. The highest BCUT2D eigenvalue weighted by Crippen LogP contribution is 2.24. The van der Waals surface area contributed by atoms with E-state index in [0.29, 0.717) is 17.7 Å². The van der Waals surface area contributed by atoms with Gasteiger partial charge < -0.3 is 5.11 Å². The van der Waals surface area contributed by atoms with Gasteiger partial charge in [0.1, 0.15) is 5.75 Å². The van der Waals surface area contributed by atoms with Gasteiger partial charge in [-0.05, 0) is 54.7 Å². The number of aryl methyl sites for hydroxylation is 2. The van der Waals surface area contributed by atoms with Crippen molar-refractivity contribution in [1.82, 2.24) is 0 Å². The molecule has 0 aliphatic heterocycles. The third-order valence-corrected chi connectivity index (χ3v) is 3.17. The Morgan fingerprint density at radius 1 is 1.06 bits per heavy atom. The number of phenolic OH excluding ortho intramolecular Hbond substituents is 1. The molecule has 2 nitrogen and oxygen atoms in total. The molecule has 0 atom stereocenters. The van der Waals surface area contributed by atoms with Crippen LogP contribution < -0.4 is 0 Å². The number of aromatic hydroxyl groups is 1. The number of phenols is 1. The molecule has 0 unspecified atom stereocenters. The normalized spacial score (nSPS) is 10.1. The van der Waals surface area contributed by atoms with Crippen molar-refractivity contribution in [2.24, 2.45) is 0 Å². The number of nitrogens with zero attached hydrogens (tertiary/aromatic N) is 1. The molecular formula is C16H15NO. The highest BCUT2D eigenvalue weighted by Gasteiger charge is 2.07. The lowest BCUT2D eigenvalue weighted by Crippen LogP contribution is -1.95. The summed E-state index contributed by atoms with van der Waals surface area (Å²) in [5, 5.41) is 18.8. The van der Waals surface area contributed by atoms with Crippen LogP contribution in [0.15, 0.2) is 36.4 Å². The second kappa shape index (κ2) is 4.93. The minimum Gasteiger partial charge on any atom is -0.508 e. The topological polar surface area (TPSA) is 44.0 Å². The second-order valence-corrected chi connectivity index (χ2v) is 4.51. The van der Waals surface area contributed by atoms with E-state index < -0.39 is 0 Å². The van der Waals surface area contributed by atoms with Gasteiger partial charge in [0.05, 0.1) is 11.6 Å². The van der Waals surface area contributed by atoms with Gasteiger partial charge in [-0.25, -0.2) is 0 Å². The van der Waals surface area contributed by atoms with E-state index in [1.54, 1.807) is 6.07 Å². The third-order valence-electron chi connectivity index (χ3n) is 3.17. The van der Waals surface area contributed by atoms with Gasteiger partial charge in [-0.15, -0.1) is 0 Å². The summed E-state index contributed by atoms with van der Waals surface area (Å²) >= 11 is 0. The summed E-state index contributed by atoms with van der Waals surface area (Å²) < 4.78 is 0. The van der Waals surface area contributed by atoms with Gasteiger partial charge in [0.15, 0.2) is 0 Å². The molecule has 0 amide bonds. The van der Waals surface area contributed by atoms with Gasteiger partial charge in [0, 0.05) is 0 Å². The maximum absolute atomic E-state index is 9.76. The molecule has 1 N–H and O–H groups in total. The molecule has 90 valence electrons. The first-order chi connectivity index (χ1) is 8.61. The molecular weight excluding hydrogens is 222 g/mol. The van der Waals surface area contributed by atoms with Gasteiger partial charge >= 0.3 is 0 Å². The van der Waals surface area contributed by atoms with Crippen LogP contribution in [0.1, 0.15) is 27.8 Å². The summed E-state index contributed by atoms with van der Waals surface area (Å²) in [4.78, 5) is 0. The fourth-order valence-electron chi connectivity index (χ4n) is 2.06. The molecule has 0 aromatic heterocycles. The van der Waals surface area contributed by atoms with E-state index >= 15 is 0 Å². The van der Waals surface area contributed by atoms with E-state index in [0.717, 1.165) is 22.3 Å². The zero-order chi connectivity index (χ0) is 13.1. The predicted octanol–water partition coefficient (Wildman–Crippen LogP) is 3.47. The largest absolute Gasteiger partial charge is 0.508 e. The summed E-state index contributed by atoms with van der Waals surface area (Å²) in [6.45, 7) is 3.91. The van der Waals surface area contributed by atoms with E-state index in [1.165, 1.54) is 0 Å². The number of hydrogen-bond donors (Lipinski definition) is 1. The van der Waals surface area contributed by atoms with Crippen molar-refractivity contribution < 1.29 is 5.11 Å². The molecule has 18 heavy (non-hydrogen) atoms. The van der Waals surface area contributed by atoms with Crippen LogP contribution in [0.3, 0.4) is 0 Å². The second-order valence-electron chi connectivity index (χ2n) is 4.51. The van der Waals surface area contributed by atoms with Gasteiger partial charge in [-0.3, -0.25) is 0 Å². The van der Waals surface area contributed by atoms with Crippen molar-refractivity contribution in [3.63, 3.8) is 0 Å². The lowest BCUT2D eigenvalue weighted by molar-refractivity contribution is 0.470. The molecule has 0 aliphatic carbocycles. The predicted molar refractivity (Wildman–Crippen MR) is 71.5 cm³/mol. The summed E-state index contributed by atoms with van der Waals surface area (Å²) in [6.07, 6.45) is 0.670. The summed E-state index contributed by atoms with van der Waals surface area (Å²) in [7, 11) is 0. The standard InChI is InChI=1S/C16H15NO/c1-11-7-12(2)16(18)9-15(11)8-13-5-3-4-6-14(13)10-17/h3-7,9,18H,8H2,1-2H3. The molecule has 2 rings (SSSR count). The molecule has 2 aromatic rings. The van der Waals surface area contributed by atoms with E-state index in [2.05, 4.69) is 6.07 Å². The van der Waals surface area contributed by atoms with Gasteiger partial charge in [-0.1, -0.05) is 24.3 Å². The molecule has 0 bridgehead atoms. The van der Waals surface area contributed by atoms with Crippen LogP contribution in [-0.2, 0) is 6.42 Å². The third kappa shape index (κ3) is 2.36. The maximum atomic E-state index is 9.76. The van der Waals surface area contributed by atoms with Crippen molar-refractivity contribution in [3.8, 4) is 11.8 Å². The Morgan fingerprint density at radius 3 is 2.50 bits per heavy atom. The van der Waals surface area contributed by atoms with Crippen molar-refractivity contribution in [3.05, 3.63) is 64.2 Å². The Hall–Kier alpha value is -2.27. The minimum absolute atomic E-state index is 0.310. The summed E-state index contributed by atoms with van der Waals surface area (Å²) in [6, 6.07) is 13.5. The van der Waals surface area contributed by atoms with Gasteiger partial charge in [0.2, 0.25) is 0 Å². The Balaban J connectivity index is 2.41. The molecule has 2 heteroatoms. The van der Waals surface area contributed by atoms with E-state index in [-0.39, 0.29) is 0 Å². The molecule has 0 saturated carbocycles. The quantitative estimate of drug-likeness (QED) is 0.869. The molecule has 0 aliphatic rings. The monoisotopic (exact) mass is 237 g/mol. The Kier molecular flexibility index (Phi) is 3.34. The van der Waals surface area contributed by atoms with Crippen molar-refractivity contribution >= 4 is 0 Å². The van der Waals surface area contributed by atoms with Crippen LogP contribution >= 0.6 is 0 Å². The van der Waals surface area contributed by atoms with Crippen LogP contribution in [0.4, 0.5) is 0 Å². The van der Waals surface area contributed by atoms with E-state index in [1.807, 2.05) is 44.2 Å². The van der Waals surface area contributed by atoms with Crippen molar-refractivity contribution in [2.75, 3.05) is 0 Å². The number of benzene rings is 2. The Bertz CT molecular complexity index is 623. The minimum atomic E-state index is 0.310. The molecule has 2 aromatic carbocycles. The van der Waals surface area contributed by atoms with Crippen LogP contribution in [0.5, 0.6) is 5.75 Å². The highest BCUT2D eigenvalue weighted by atomic mass is 16.3. The van der Waals surface area contributed by atoms with Crippen LogP contribution in [0.25, 0.3) is 0 Å². The molecule has 0 radical (unpaired) electrons. The average Bonchev–Trinajstić information content (AvgIpc) is 2.36. The lowest BCUT2D eigenvalue weighted by Gasteiger charge is -2.10. The van der Waals surface area contributed by atoms with Crippen LogP contribution in [0.2, 0.25) is 0 Å². The van der Waals surface area contributed by atoms with Crippen LogP contribution in [-0.4, -0.2) is 5.11 Å². The number of nitriles is 1. The SMILES string of the molecule is Cc1cc(C)c(Cc2ccccc2C#N)cc1O. The summed E-state index contributed by atoms with van der Waals surface area (Å²) in [5.41, 5.74) is 4.76. The smallest absolute Gasteiger partial charge is 0.118 e. The Morgan fingerprint density at radius 2 is 1.78 bits per heavy atom. The summed E-state index contributed by atoms with van der Waals surface area (Å²) in [5.74, 6) is 0.310. The number of rotatable bonds is 2. The van der Waals surface area contributed by atoms with E-state index in [4.69, 9.17) is 5.26 Å². The molecule has 0 saturated heterocycles. The van der Waals surface area contributed by atoms with Gasteiger partial charge in [0.25, 0.3) is 0 Å². The van der Waals surface area contributed by atoms with Crippen LogP contribution in [0, 0.1) is 25.2 Å². The first-order valence-corrected chi connectivity index (χ1v) is 5.89.